The molecule has 0 aliphatic carbocycles. The van der Waals surface area contributed by atoms with E-state index < -0.39 is 0 Å². The van der Waals surface area contributed by atoms with Gasteiger partial charge in [0.2, 0.25) is 11.9 Å². The lowest BCUT2D eigenvalue weighted by molar-refractivity contribution is 0.107. The summed E-state index contributed by atoms with van der Waals surface area (Å²) in [4.78, 5) is 15.3. The van der Waals surface area contributed by atoms with Gasteiger partial charge in [0.15, 0.2) is 0 Å². The highest BCUT2D eigenvalue weighted by Gasteiger charge is 2.15. The van der Waals surface area contributed by atoms with Crippen molar-refractivity contribution in [1.82, 2.24) is 15.0 Å². The fraction of sp³-hybridized carbons (Fsp3) is 0.786. The Morgan fingerprint density at radius 3 is 2.70 bits per heavy atom. The number of rotatable bonds is 6. The van der Waals surface area contributed by atoms with Crippen LogP contribution in [0.5, 0.6) is 0 Å². The van der Waals surface area contributed by atoms with Crippen molar-refractivity contribution in [1.29, 1.82) is 0 Å². The van der Waals surface area contributed by atoms with Gasteiger partial charge in [-0.05, 0) is 19.3 Å². The molecule has 0 bridgehead atoms. The van der Waals surface area contributed by atoms with Crippen molar-refractivity contribution in [3.05, 3.63) is 5.82 Å². The standard InChI is InChI=1S/C14H25N5O/c1-10(2)12-16-13(18-14(17-12)19(3)4)15-8-7-11-6-5-9-20-11/h10-11H,5-9H2,1-4H3,(H,15,16,17,18). The van der Waals surface area contributed by atoms with Crippen LogP contribution in [-0.4, -0.2) is 48.3 Å². The molecule has 1 aromatic heterocycles. The highest BCUT2D eigenvalue weighted by molar-refractivity contribution is 5.36. The zero-order valence-corrected chi connectivity index (χ0v) is 12.9. The summed E-state index contributed by atoms with van der Waals surface area (Å²) in [6, 6.07) is 0. The molecule has 6 nitrogen and oxygen atoms in total. The third kappa shape index (κ3) is 4.03. The molecule has 1 fully saturated rings. The van der Waals surface area contributed by atoms with Gasteiger partial charge in [-0.15, -0.1) is 0 Å². The van der Waals surface area contributed by atoms with Crippen molar-refractivity contribution < 1.29 is 4.74 Å². The Morgan fingerprint density at radius 1 is 1.30 bits per heavy atom. The SMILES string of the molecule is CC(C)c1nc(NCCC2CCCO2)nc(N(C)C)n1. The minimum atomic E-state index is 0.287. The highest BCUT2D eigenvalue weighted by Crippen LogP contribution is 2.17. The number of anilines is 2. The predicted molar refractivity (Wildman–Crippen MR) is 80.3 cm³/mol. The largest absolute Gasteiger partial charge is 0.378 e. The molecule has 6 heteroatoms. The van der Waals surface area contributed by atoms with Gasteiger partial charge in [0.25, 0.3) is 0 Å². The molecule has 1 atom stereocenters. The average Bonchev–Trinajstić information content (AvgIpc) is 2.91. The van der Waals surface area contributed by atoms with Gasteiger partial charge in [-0.2, -0.15) is 15.0 Å². The summed E-state index contributed by atoms with van der Waals surface area (Å²) in [6.07, 6.45) is 3.74. The minimum absolute atomic E-state index is 0.287. The van der Waals surface area contributed by atoms with Crippen LogP contribution in [0.1, 0.15) is 44.9 Å². The fourth-order valence-corrected chi connectivity index (χ4v) is 2.13. The molecule has 1 saturated heterocycles. The van der Waals surface area contributed by atoms with E-state index in [1.54, 1.807) is 0 Å². The third-order valence-electron chi connectivity index (χ3n) is 3.33. The first-order valence-corrected chi connectivity index (χ1v) is 7.35. The number of ether oxygens (including phenoxy) is 1. The monoisotopic (exact) mass is 279 g/mol. The minimum Gasteiger partial charge on any atom is -0.378 e. The van der Waals surface area contributed by atoms with E-state index in [1.807, 2.05) is 19.0 Å². The van der Waals surface area contributed by atoms with Crippen LogP contribution in [0.2, 0.25) is 0 Å². The van der Waals surface area contributed by atoms with Crippen molar-refractivity contribution >= 4 is 11.9 Å². The summed E-state index contributed by atoms with van der Waals surface area (Å²) in [5.74, 6) is 2.47. The molecule has 1 aromatic rings. The second-order valence-electron chi connectivity index (χ2n) is 5.72. The van der Waals surface area contributed by atoms with Gasteiger partial charge >= 0.3 is 0 Å². The second-order valence-corrected chi connectivity index (χ2v) is 5.72. The van der Waals surface area contributed by atoms with Gasteiger partial charge in [-0.3, -0.25) is 0 Å². The molecule has 1 aliphatic heterocycles. The molecule has 20 heavy (non-hydrogen) atoms. The summed E-state index contributed by atoms with van der Waals surface area (Å²) in [5, 5.41) is 3.29. The van der Waals surface area contributed by atoms with Gasteiger partial charge in [-0.1, -0.05) is 13.8 Å². The van der Waals surface area contributed by atoms with Gasteiger partial charge in [0, 0.05) is 33.2 Å². The van der Waals surface area contributed by atoms with E-state index in [0.717, 1.165) is 25.4 Å². The quantitative estimate of drug-likeness (QED) is 0.860. The Kier molecular flexibility index (Phi) is 5.11. The Labute approximate surface area is 121 Å². The molecule has 1 aliphatic rings. The first-order valence-electron chi connectivity index (χ1n) is 7.35. The summed E-state index contributed by atoms with van der Waals surface area (Å²) in [5.41, 5.74) is 0. The van der Waals surface area contributed by atoms with Crippen LogP contribution in [0.4, 0.5) is 11.9 Å². The summed E-state index contributed by atoms with van der Waals surface area (Å²) in [7, 11) is 3.88. The van der Waals surface area contributed by atoms with Crippen LogP contribution in [-0.2, 0) is 4.74 Å². The van der Waals surface area contributed by atoms with Crippen LogP contribution in [0, 0.1) is 0 Å². The van der Waals surface area contributed by atoms with Crippen LogP contribution in [0.3, 0.4) is 0 Å². The van der Waals surface area contributed by atoms with E-state index >= 15 is 0 Å². The van der Waals surface area contributed by atoms with E-state index in [2.05, 4.69) is 34.1 Å². The summed E-state index contributed by atoms with van der Waals surface area (Å²) in [6.45, 7) is 5.91. The van der Waals surface area contributed by atoms with E-state index in [0.29, 0.717) is 18.0 Å². The second kappa shape index (κ2) is 6.83. The van der Waals surface area contributed by atoms with Gasteiger partial charge in [0.05, 0.1) is 6.10 Å². The predicted octanol–water partition coefficient (Wildman–Crippen LogP) is 2.04. The zero-order valence-electron chi connectivity index (χ0n) is 12.9. The Bertz CT molecular complexity index is 403. The molecular formula is C14H25N5O. The van der Waals surface area contributed by atoms with Crippen molar-refractivity contribution in [2.75, 3.05) is 37.5 Å². The first kappa shape index (κ1) is 15.0. The van der Waals surface area contributed by atoms with Crippen molar-refractivity contribution in [2.45, 2.75) is 45.1 Å². The lowest BCUT2D eigenvalue weighted by Crippen LogP contribution is -2.19. The third-order valence-corrected chi connectivity index (χ3v) is 3.33. The molecule has 0 saturated carbocycles. The lowest BCUT2D eigenvalue weighted by Gasteiger charge is -2.15. The molecule has 1 unspecified atom stereocenters. The number of hydrogen-bond donors (Lipinski definition) is 1. The Morgan fingerprint density at radius 2 is 2.10 bits per heavy atom. The molecule has 0 aromatic carbocycles. The first-order chi connectivity index (χ1) is 9.56. The Hall–Kier alpha value is -1.43. The molecule has 0 amide bonds. The molecular weight excluding hydrogens is 254 g/mol. The Balaban J connectivity index is 1.98. The van der Waals surface area contributed by atoms with E-state index in [-0.39, 0.29) is 5.92 Å². The average molecular weight is 279 g/mol. The van der Waals surface area contributed by atoms with Gasteiger partial charge in [-0.25, -0.2) is 0 Å². The molecule has 112 valence electrons. The van der Waals surface area contributed by atoms with Crippen LogP contribution < -0.4 is 10.2 Å². The van der Waals surface area contributed by atoms with Gasteiger partial charge in [0.1, 0.15) is 5.82 Å². The summed E-state index contributed by atoms with van der Waals surface area (Å²) < 4.78 is 5.61. The van der Waals surface area contributed by atoms with Crippen LogP contribution in [0.25, 0.3) is 0 Å². The van der Waals surface area contributed by atoms with Crippen LogP contribution >= 0.6 is 0 Å². The molecule has 1 N–H and O–H groups in total. The topological polar surface area (TPSA) is 63.2 Å². The number of nitrogens with one attached hydrogen (secondary N) is 1. The maximum absolute atomic E-state index is 5.61. The normalized spacial score (nSPS) is 18.6. The van der Waals surface area contributed by atoms with Crippen molar-refractivity contribution in [3.63, 3.8) is 0 Å². The molecule has 2 rings (SSSR count). The van der Waals surface area contributed by atoms with Crippen molar-refractivity contribution in [2.24, 2.45) is 0 Å². The van der Waals surface area contributed by atoms with Crippen molar-refractivity contribution in [3.8, 4) is 0 Å². The fourth-order valence-electron chi connectivity index (χ4n) is 2.13. The van der Waals surface area contributed by atoms with Crippen LogP contribution in [0.15, 0.2) is 0 Å². The number of hydrogen-bond acceptors (Lipinski definition) is 6. The number of aromatic nitrogens is 3. The lowest BCUT2D eigenvalue weighted by atomic mass is 10.2. The molecule has 0 radical (unpaired) electrons. The maximum Gasteiger partial charge on any atom is 0.229 e. The summed E-state index contributed by atoms with van der Waals surface area (Å²) >= 11 is 0. The smallest absolute Gasteiger partial charge is 0.229 e. The number of nitrogens with zero attached hydrogens (tertiary/aromatic N) is 4. The van der Waals surface area contributed by atoms with Gasteiger partial charge < -0.3 is 15.0 Å². The van der Waals surface area contributed by atoms with E-state index in [4.69, 9.17) is 4.74 Å². The van der Waals surface area contributed by atoms with E-state index in [1.165, 1.54) is 12.8 Å². The molecule has 0 spiro atoms. The molecule has 2 heterocycles. The highest BCUT2D eigenvalue weighted by atomic mass is 16.5. The zero-order chi connectivity index (χ0) is 14.5. The van der Waals surface area contributed by atoms with E-state index in [9.17, 15) is 0 Å². The maximum atomic E-state index is 5.61.